The molecule has 2 atom stereocenters. The molecule has 0 bridgehead atoms. The van der Waals surface area contributed by atoms with Crippen LogP contribution in [0.1, 0.15) is 37.6 Å². The molecule has 0 spiro atoms. The summed E-state index contributed by atoms with van der Waals surface area (Å²) >= 11 is 5.08. The van der Waals surface area contributed by atoms with Crippen molar-refractivity contribution in [1.29, 1.82) is 0 Å². The van der Waals surface area contributed by atoms with Gasteiger partial charge in [0.2, 0.25) is 5.91 Å². The lowest BCUT2D eigenvalue weighted by molar-refractivity contribution is -0.139. The molecule has 8 heteroatoms. The number of hydrogen-bond donors (Lipinski definition) is 3. The zero-order valence-corrected chi connectivity index (χ0v) is 17.0. The van der Waals surface area contributed by atoms with Gasteiger partial charge in [0.05, 0.1) is 23.0 Å². The molecule has 0 fully saturated rings. The number of aliphatic carboxylic acids is 1. The Morgan fingerprint density at radius 3 is 2.46 bits per heavy atom. The van der Waals surface area contributed by atoms with Crippen molar-refractivity contribution in [1.82, 2.24) is 9.88 Å². The Hall–Kier alpha value is -2.58. The van der Waals surface area contributed by atoms with E-state index in [4.69, 9.17) is 18.0 Å². The first kappa shape index (κ1) is 21.7. The number of carboxylic acids is 1. The molecular formula is C20H25N3O4S. The number of carbonyl (C=O) groups is 3. The lowest BCUT2D eigenvalue weighted by Gasteiger charge is -2.16. The smallest absolute Gasteiger partial charge is 0.326 e. The number of fused-ring (bicyclic) bond motifs is 1. The molecule has 0 radical (unpaired) electrons. The largest absolute Gasteiger partial charge is 0.480 e. The van der Waals surface area contributed by atoms with Gasteiger partial charge in [0.25, 0.3) is 0 Å². The van der Waals surface area contributed by atoms with E-state index >= 15 is 0 Å². The van der Waals surface area contributed by atoms with Crippen LogP contribution in [0.4, 0.5) is 0 Å². The van der Waals surface area contributed by atoms with Crippen molar-refractivity contribution in [3.8, 4) is 0 Å². The first-order valence-corrected chi connectivity index (χ1v) is 9.43. The van der Waals surface area contributed by atoms with Crippen molar-refractivity contribution in [3.05, 3.63) is 36.0 Å². The van der Waals surface area contributed by atoms with Crippen LogP contribution in [0.3, 0.4) is 0 Å². The first-order valence-electron chi connectivity index (χ1n) is 9.02. The Bertz CT molecular complexity index is 919. The third-order valence-electron chi connectivity index (χ3n) is 4.50. The van der Waals surface area contributed by atoms with Gasteiger partial charge in [-0.1, -0.05) is 44.3 Å². The molecule has 0 saturated carbocycles. The predicted octanol–water partition coefficient (Wildman–Crippen LogP) is 2.16. The molecule has 1 heterocycles. The quantitative estimate of drug-likeness (QED) is 0.579. The summed E-state index contributed by atoms with van der Waals surface area (Å²) in [6.45, 7) is 5.13. The Kier molecular flexibility index (Phi) is 7.04. The lowest BCUT2D eigenvalue weighted by Crippen LogP contribution is -2.42. The van der Waals surface area contributed by atoms with Crippen LogP contribution >= 0.6 is 12.2 Å². The maximum absolute atomic E-state index is 12.8. The van der Waals surface area contributed by atoms with Gasteiger partial charge in [-0.2, -0.15) is 0 Å². The summed E-state index contributed by atoms with van der Waals surface area (Å²) in [6.07, 6.45) is 1.73. The number of rotatable bonds is 8. The molecule has 150 valence electrons. The van der Waals surface area contributed by atoms with Gasteiger partial charge in [-0.15, -0.1) is 0 Å². The van der Waals surface area contributed by atoms with Crippen LogP contribution in [0, 0.1) is 5.92 Å². The lowest BCUT2D eigenvalue weighted by atomic mass is 10.0. The van der Waals surface area contributed by atoms with Crippen molar-refractivity contribution in [2.45, 2.75) is 45.7 Å². The number of nitrogens with one attached hydrogen (secondary N) is 1. The van der Waals surface area contributed by atoms with E-state index in [1.54, 1.807) is 12.3 Å². The maximum atomic E-state index is 12.8. The first-order chi connectivity index (χ1) is 13.1. The van der Waals surface area contributed by atoms with E-state index in [-0.39, 0.29) is 35.4 Å². The van der Waals surface area contributed by atoms with E-state index in [2.05, 4.69) is 5.32 Å². The van der Waals surface area contributed by atoms with Crippen molar-refractivity contribution >= 4 is 45.8 Å². The fourth-order valence-electron chi connectivity index (χ4n) is 2.93. The monoisotopic (exact) mass is 403 g/mol. The SMILES string of the molecule is CC(=O)CC(=S)N[C@@H](Cc1cn(C(=O)[C@@H](N)C(C)C)c2ccccc12)C(=O)O. The highest BCUT2D eigenvalue weighted by Gasteiger charge is 2.25. The van der Waals surface area contributed by atoms with Crippen molar-refractivity contribution in [3.63, 3.8) is 0 Å². The molecule has 0 saturated heterocycles. The number of hydrogen-bond acceptors (Lipinski definition) is 5. The van der Waals surface area contributed by atoms with Crippen LogP contribution in [0.15, 0.2) is 30.5 Å². The molecule has 2 aromatic rings. The van der Waals surface area contributed by atoms with Gasteiger partial charge in [0.1, 0.15) is 11.8 Å². The van der Waals surface area contributed by atoms with Crippen LogP contribution < -0.4 is 11.1 Å². The van der Waals surface area contributed by atoms with Crippen LogP contribution in [0.25, 0.3) is 10.9 Å². The number of nitrogens with zero attached hydrogens (tertiary/aromatic N) is 1. The van der Waals surface area contributed by atoms with Crippen molar-refractivity contribution in [2.24, 2.45) is 11.7 Å². The van der Waals surface area contributed by atoms with E-state index in [1.807, 2.05) is 32.0 Å². The molecule has 1 aromatic carbocycles. The molecule has 4 N–H and O–H groups in total. The summed E-state index contributed by atoms with van der Waals surface area (Å²) in [7, 11) is 0. The molecule has 0 aliphatic heterocycles. The fraction of sp³-hybridized carbons (Fsp3) is 0.400. The standard InChI is InChI=1S/C20H25N3O4S/c1-11(2)18(21)19(25)23-10-13(14-6-4-5-7-16(14)23)9-15(20(26)27)22-17(28)8-12(3)24/h4-7,10-11,15,18H,8-9,21H2,1-3H3,(H,22,28)(H,26,27)/t15-,18-/m0/s1. The Morgan fingerprint density at radius 2 is 1.89 bits per heavy atom. The highest BCUT2D eigenvalue weighted by Crippen LogP contribution is 2.23. The second kappa shape index (κ2) is 9.07. The molecule has 0 aliphatic rings. The minimum absolute atomic E-state index is 0.0113. The van der Waals surface area contributed by atoms with E-state index < -0.39 is 18.1 Å². The number of carboxylic acid groups (broad SMARTS) is 1. The van der Waals surface area contributed by atoms with Gasteiger partial charge in [-0.05, 0) is 24.5 Å². The molecule has 0 aliphatic carbocycles. The molecule has 0 unspecified atom stereocenters. The van der Waals surface area contributed by atoms with Gasteiger partial charge in [0.15, 0.2) is 0 Å². The third-order valence-corrected chi connectivity index (χ3v) is 4.76. The number of aromatic nitrogens is 1. The number of ketones is 1. The number of nitrogens with two attached hydrogens (primary N) is 1. The van der Waals surface area contributed by atoms with E-state index in [0.717, 1.165) is 5.39 Å². The number of Topliss-reactive ketones (excluding diaryl/α,β-unsaturated/α-hetero) is 1. The van der Waals surface area contributed by atoms with E-state index in [1.165, 1.54) is 11.5 Å². The maximum Gasteiger partial charge on any atom is 0.326 e. The van der Waals surface area contributed by atoms with Gasteiger partial charge in [0, 0.05) is 18.0 Å². The van der Waals surface area contributed by atoms with Gasteiger partial charge in [-0.3, -0.25) is 14.2 Å². The number of carbonyl (C=O) groups excluding carboxylic acids is 2. The van der Waals surface area contributed by atoms with E-state index in [9.17, 15) is 19.5 Å². The summed E-state index contributed by atoms with van der Waals surface area (Å²) in [5, 5.41) is 13.1. The van der Waals surface area contributed by atoms with Crippen LogP contribution in [-0.2, 0) is 16.0 Å². The Morgan fingerprint density at radius 1 is 1.25 bits per heavy atom. The predicted molar refractivity (Wildman–Crippen MR) is 112 cm³/mol. The third kappa shape index (κ3) is 5.02. The second-order valence-corrected chi connectivity index (χ2v) is 7.68. The Labute approximate surface area is 168 Å². The van der Waals surface area contributed by atoms with Crippen molar-refractivity contribution < 1.29 is 19.5 Å². The average Bonchev–Trinajstić information content (AvgIpc) is 2.97. The van der Waals surface area contributed by atoms with Gasteiger partial charge in [-0.25, -0.2) is 4.79 Å². The van der Waals surface area contributed by atoms with Crippen LogP contribution in [-0.4, -0.2) is 44.4 Å². The van der Waals surface area contributed by atoms with Gasteiger partial charge >= 0.3 is 5.97 Å². The van der Waals surface area contributed by atoms with Crippen LogP contribution in [0.5, 0.6) is 0 Å². The fourth-order valence-corrected chi connectivity index (χ4v) is 3.28. The second-order valence-electron chi connectivity index (χ2n) is 7.19. The molecule has 0 amide bonds. The minimum atomic E-state index is -1.09. The molecule has 28 heavy (non-hydrogen) atoms. The highest BCUT2D eigenvalue weighted by atomic mass is 32.1. The zero-order valence-electron chi connectivity index (χ0n) is 16.1. The Balaban J connectivity index is 2.38. The highest BCUT2D eigenvalue weighted by molar-refractivity contribution is 7.80. The summed E-state index contributed by atoms with van der Waals surface area (Å²) < 4.78 is 1.49. The molecule has 1 aromatic heterocycles. The number of thiocarbonyl (C=S) groups is 1. The van der Waals surface area contributed by atoms with Crippen LogP contribution in [0.2, 0.25) is 0 Å². The normalized spacial score (nSPS) is 13.3. The number of benzene rings is 1. The summed E-state index contributed by atoms with van der Waals surface area (Å²) in [6, 6.07) is 5.59. The molecule has 7 nitrogen and oxygen atoms in total. The molecule has 2 rings (SSSR count). The zero-order chi connectivity index (χ0) is 21.0. The topological polar surface area (TPSA) is 114 Å². The minimum Gasteiger partial charge on any atom is -0.480 e. The number of para-hydroxylation sites is 1. The summed E-state index contributed by atoms with van der Waals surface area (Å²) in [5.41, 5.74) is 7.39. The molecular weight excluding hydrogens is 378 g/mol. The summed E-state index contributed by atoms with van der Waals surface area (Å²) in [5.74, 6) is -1.52. The summed E-state index contributed by atoms with van der Waals surface area (Å²) in [4.78, 5) is 35.9. The average molecular weight is 404 g/mol. The van der Waals surface area contributed by atoms with Crippen molar-refractivity contribution in [2.75, 3.05) is 0 Å². The van der Waals surface area contributed by atoms with E-state index in [0.29, 0.717) is 11.1 Å². The van der Waals surface area contributed by atoms with Gasteiger partial charge < -0.3 is 16.2 Å².